The summed E-state index contributed by atoms with van der Waals surface area (Å²) in [4.78, 5) is 0. The summed E-state index contributed by atoms with van der Waals surface area (Å²) in [6, 6.07) is 0.0433. The summed E-state index contributed by atoms with van der Waals surface area (Å²) in [6.07, 6.45) is 4.79. The first-order valence-corrected chi connectivity index (χ1v) is 8.01. The molecule has 1 aliphatic rings. The maximum absolute atomic E-state index is 12.8. The molecule has 0 amide bonds. The van der Waals surface area contributed by atoms with Gasteiger partial charge in [0.1, 0.15) is 0 Å². The lowest BCUT2D eigenvalue weighted by atomic mass is 9.76. The van der Waals surface area contributed by atoms with Crippen molar-refractivity contribution in [2.24, 2.45) is 17.7 Å². The standard InChI is InChI=1S/C15H29F3N2/c1-2-3-4-5-6-10-14(20-19)12-8-7-9-13(11-12)15(16,17)18/h12-14,20H,2-11,19H2,1H3. The number of alkyl halides is 3. The second-order valence-corrected chi connectivity index (χ2v) is 6.14. The van der Waals surface area contributed by atoms with E-state index in [2.05, 4.69) is 12.3 Å². The van der Waals surface area contributed by atoms with Crippen molar-refractivity contribution >= 4 is 0 Å². The fourth-order valence-electron chi connectivity index (χ4n) is 3.31. The van der Waals surface area contributed by atoms with Gasteiger partial charge in [0.15, 0.2) is 0 Å². The molecular formula is C15H29F3N2. The molecule has 0 saturated heterocycles. The van der Waals surface area contributed by atoms with Crippen LogP contribution in [0.3, 0.4) is 0 Å². The van der Waals surface area contributed by atoms with Gasteiger partial charge >= 0.3 is 6.18 Å². The molecule has 3 N–H and O–H groups in total. The summed E-state index contributed by atoms with van der Waals surface area (Å²) >= 11 is 0. The van der Waals surface area contributed by atoms with Gasteiger partial charge in [-0.15, -0.1) is 0 Å². The SMILES string of the molecule is CCCCCCCC(NN)C1CCCC(C(F)(F)F)C1. The summed E-state index contributed by atoms with van der Waals surface area (Å²) < 4.78 is 38.5. The molecule has 0 bridgehead atoms. The van der Waals surface area contributed by atoms with Gasteiger partial charge in [-0.2, -0.15) is 13.2 Å². The fourth-order valence-corrected chi connectivity index (χ4v) is 3.31. The summed E-state index contributed by atoms with van der Waals surface area (Å²) in [6.45, 7) is 2.17. The smallest absolute Gasteiger partial charge is 0.271 e. The van der Waals surface area contributed by atoms with E-state index in [1.165, 1.54) is 19.3 Å². The zero-order valence-electron chi connectivity index (χ0n) is 12.5. The molecule has 1 fully saturated rings. The Morgan fingerprint density at radius 2 is 1.85 bits per heavy atom. The lowest BCUT2D eigenvalue weighted by molar-refractivity contribution is -0.186. The first kappa shape index (κ1) is 17.8. The van der Waals surface area contributed by atoms with Gasteiger partial charge in [0.25, 0.3) is 0 Å². The van der Waals surface area contributed by atoms with Crippen LogP contribution in [-0.4, -0.2) is 12.2 Å². The number of hydrazine groups is 1. The molecule has 0 aromatic heterocycles. The lowest BCUT2D eigenvalue weighted by Crippen LogP contribution is -2.44. The third-order valence-corrected chi connectivity index (χ3v) is 4.58. The minimum atomic E-state index is -4.04. The Balaban J connectivity index is 2.36. The van der Waals surface area contributed by atoms with Crippen molar-refractivity contribution in [3.05, 3.63) is 0 Å². The molecule has 0 aromatic carbocycles. The highest BCUT2D eigenvalue weighted by atomic mass is 19.4. The summed E-state index contributed by atoms with van der Waals surface area (Å²) in [5.41, 5.74) is 2.77. The van der Waals surface area contributed by atoms with Crippen molar-refractivity contribution in [3.8, 4) is 0 Å². The molecule has 120 valence electrons. The van der Waals surface area contributed by atoms with Gasteiger partial charge in [-0.3, -0.25) is 11.3 Å². The summed E-state index contributed by atoms with van der Waals surface area (Å²) in [5, 5.41) is 0. The van der Waals surface area contributed by atoms with Crippen LogP contribution in [0.5, 0.6) is 0 Å². The Bertz CT molecular complexity index is 256. The van der Waals surface area contributed by atoms with Gasteiger partial charge in [0.05, 0.1) is 5.92 Å². The normalized spacial score (nSPS) is 25.6. The molecule has 0 radical (unpaired) electrons. The average molecular weight is 294 g/mol. The van der Waals surface area contributed by atoms with E-state index in [0.717, 1.165) is 25.7 Å². The number of rotatable bonds is 8. The van der Waals surface area contributed by atoms with Gasteiger partial charge in [-0.1, -0.05) is 45.4 Å². The lowest BCUT2D eigenvalue weighted by Gasteiger charge is -2.35. The highest BCUT2D eigenvalue weighted by Crippen LogP contribution is 2.41. The van der Waals surface area contributed by atoms with Crippen molar-refractivity contribution in [1.82, 2.24) is 5.43 Å². The largest absolute Gasteiger partial charge is 0.391 e. The number of hydrogen-bond donors (Lipinski definition) is 2. The van der Waals surface area contributed by atoms with Gasteiger partial charge in [0, 0.05) is 6.04 Å². The summed E-state index contributed by atoms with van der Waals surface area (Å²) in [5.74, 6) is 4.52. The predicted molar refractivity (Wildman–Crippen MR) is 76.0 cm³/mol. The molecule has 1 aliphatic carbocycles. The zero-order valence-corrected chi connectivity index (χ0v) is 12.5. The second kappa shape index (κ2) is 8.88. The fraction of sp³-hybridized carbons (Fsp3) is 1.00. The number of nitrogens with one attached hydrogen (secondary N) is 1. The minimum Gasteiger partial charge on any atom is -0.271 e. The molecule has 0 spiro atoms. The monoisotopic (exact) mass is 294 g/mol. The average Bonchev–Trinajstić information content (AvgIpc) is 2.42. The molecule has 20 heavy (non-hydrogen) atoms. The Morgan fingerprint density at radius 1 is 1.15 bits per heavy atom. The molecule has 1 saturated carbocycles. The third-order valence-electron chi connectivity index (χ3n) is 4.58. The van der Waals surface area contributed by atoms with Crippen molar-refractivity contribution in [3.63, 3.8) is 0 Å². The van der Waals surface area contributed by atoms with E-state index in [1.54, 1.807) is 0 Å². The van der Waals surface area contributed by atoms with Crippen LogP contribution in [0.25, 0.3) is 0 Å². The van der Waals surface area contributed by atoms with Crippen LogP contribution in [-0.2, 0) is 0 Å². The summed E-state index contributed by atoms with van der Waals surface area (Å²) in [7, 11) is 0. The zero-order chi connectivity index (χ0) is 15.0. The molecule has 2 nitrogen and oxygen atoms in total. The molecule has 0 aromatic rings. The minimum absolute atomic E-state index is 0.0433. The highest BCUT2D eigenvalue weighted by molar-refractivity contribution is 4.84. The van der Waals surface area contributed by atoms with E-state index in [4.69, 9.17) is 5.84 Å². The van der Waals surface area contributed by atoms with Crippen LogP contribution < -0.4 is 11.3 Å². The van der Waals surface area contributed by atoms with E-state index in [0.29, 0.717) is 6.42 Å². The molecule has 5 heteroatoms. The van der Waals surface area contributed by atoms with E-state index in [9.17, 15) is 13.2 Å². The van der Waals surface area contributed by atoms with Crippen molar-refractivity contribution in [2.45, 2.75) is 83.4 Å². The van der Waals surface area contributed by atoms with Crippen LogP contribution in [0.2, 0.25) is 0 Å². The predicted octanol–water partition coefficient (Wildman–Crippen LogP) is 4.55. The quantitative estimate of drug-likeness (QED) is 0.391. The number of unbranched alkanes of at least 4 members (excludes halogenated alkanes) is 4. The van der Waals surface area contributed by atoms with Crippen LogP contribution in [0.15, 0.2) is 0 Å². The Kier molecular flexibility index (Phi) is 7.88. The van der Waals surface area contributed by atoms with Gasteiger partial charge in [-0.25, -0.2) is 0 Å². The van der Waals surface area contributed by atoms with Crippen LogP contribution in [0.4, 0.5) is 13.2 Å². The van der Waals surface area contributed by atoms with Crippen molar-refractivity contribution in [1.29, 1.82) is 0 Å². The third kappa shape index (κ3) is 6.00. The molecule has 0 heterocycles. The second-order valence-electron chi connectivity index (χ2n) is 6.14. The molecular weight excluding hydrogens is 265 g/mol. The van der Waals surface area contributed by atoms with E-state index in [-0.39, 0.29) is 24.8 Å². The van der Waals surface area contributed by atoms with Gasteiger partial charge < -0.3 is 0 Å². The molecule has 1 rings (SSSR count). The van der Waals surface area contributed by atoms with Gasteiger partial charge in [-0.05, 0) is 31.6 Å². The van der Waals surface area contributed by atoms with E-state index in [1.807, 2.05) is 0 Å². The first-order valence-electron chi connectivity index (χ1n) is 8.01. The maximum Gasteiger partial charge on any atom is 0.391 e. The molecule has 3 atom stereocenters. The van der Waals surface area contributed by atoms with Crippen molar-refractivity contribution in [2.75, 3.05) is 0 Å². The first-order chi connectivity index (χ1) is 9.49. The van der Waals surface area contributed by atoms with E-state index >= 15 is 0 Å². The molecule has 3 unspecified atom stereocenters. The number of nitrogens with two attached hydrogens (primary N) is 1. The Morgan fingerprint density at radius 3 is 2.45 bits per heavy atom. The Hall–Kier alpha value is -0.290. The van der Waals surface area contributed by atoms with Gasteiger partial charge in [0.2, 0.25) is 0 Å². The van der Waals surface area contributed by atoms with Crippen LogP contribution in [0, 0.1) is 11.8 Å². The van der Waals surface area contributed by atoms with Crippen molar-refractivity contribution < 1.29 is 13.2 Å². The van der Waals surface area contributed by atoms with Crippen LogP contribution in [0.1, 0.15) is 71.1 Å². The maximum atomic E-state index is 12.8. The number of halogens is 3. The topological polar surface area (TPSA) is 38.0 Å². The molecule has 0 aliphatic heterocycles. The number of hydrogen-bond acceptors (Lipinski definition) is 2. The Labute approximate surface area is 120 Å². The van der Waals surface area contributed by atoms with E-state index < -0.39 is 12.1 Å². The van der Waals surface area contributed by atoms with Crippen LogP contribution >= 0.6 is 0 Å². The highest BCUT2D eigenvalue weighted by Gasteiger charge is 2.43.